The fourth-order valence-electron chi connectivity index (χ4n) is 3.71. The summed E-state index contributed by atoms with van der Waals surface area (Å²) in [6, 6.07) is 34.5. The van der Waals surface area contributed by atoms with Crippen molar-refractivity contribution < 1.29 is 4.57 Å². The first kappa shape index (κ1) is 16.0. The lowest BCUT2D eigenvalue weighted by Gasteiger charge is -2.13. The maximum absolute atomic E-state index is 13.4. The van der Waals surface area contributed by atoms with E-state index in [-0.39, 0.29) is 0 Å². The van der Waals surface area contributed by atoms with Gasteiger partial charge in [0.15, 0.2) is 0 Å². The summed E-state index contributed by atoms with van der Waals surface area (Å²) in [4.78, 5) is 0. The molecule has 2 nitrogen and oxygen atoms in total. The van der Waals surface area contributed by atoms with Crippen LogP contribution in [-0.4, -0.2) is 4.57 Å². The zero-order valence-corrected chi connectivity index (χ0v) is 15.5. The monoisotopic (exact) mass is 366 g/mol. The van der Waals surface area contributed by atoms with E-state index in [9.17, 15) is 4.57 Å². The van der Waals surface area contributed by atoms with Crippen molar-refractivity contribution in [1.82, 2.24) is 4.57 Å². The van der Waals surface area contributed by atoms with Crippen LogP contribution in [0.5, 0.6) is 0 Å². The first-order valence-corrected chi connectivity index (χ1v) is 10.2. The van der Waals surface area contributed by atoms with Gasteiger partial charge in [-0.05, 0) is 36.4 Å². The van der Waals surface area contributed by atoms with Gasteiger partial charge in [0.2, 0.25) is 0 Å². The number of para-hydroxylation sites is 3. The fraction of sp³-hybridized carbons (Fsp3) is 0. The van der Waals surface area contributed by atoms with E-state index in [4.69, 9.17) is 0 Å². The summed E-state index contributed by atoms with van der Waals surface area (Å²) in [6.45, 7) is 0. The van der Waals surface area contributed by atoms with Gasteiger partial charge in [0.05, 0.1) is 22.0 Å². The van der Waals surface area contributed by atoms with E-state index in [2.05, 4.69) is 59.2 Å². The van der Waals surface area contributed by atoms with Crippen LogP contribution < -0.4 is 10.6 Å². The lowest BCUT2D eigenvalue weighted by Crippen LogP contribution is -2.13. The van der Waals surface area contributed by atoms with Crippen LogP contribution >= 0.6 is 7.80 Å². The van der Waals surface area contributed by atoms with Gasteiger partial charge in [-0.3, -0.25) is 4.57 Å². The van der Waals surface area contributed by atoms with Crippen LogP contribution in [0.1, 0.15) is 0 Å². The number of benzene rings is 4. The molecule has 0 saturated carbocycles. The fourth-order valence-corrected chi connectivity index (χ4v) is 5.03. The number of hydrogen-bond acceptors (Lipinski definition) is 1. The Morgan fingerprint density at radius 1 is 0.556 bits per heavy atom. The summed E-state index contributed by atoms with van der Waals surface area (Å²) >= 11 is 0. The molecule has 1 unspecified atom stereocenters. The maximum Gasteiger partial charge on any atom is 0.138 e. The van der Waals surface area contributed by atoms with Crippen molar-refractivity contribution in [3.63, 3.8) is 0 Å². The molecule has 0 N–H and O–H groups in total. The minimum atomic E-state index is -1.68. The Labute approximate surface area is 158 Å². The number of hydrogen-bond donors (Lipinski definition) is 0. The maximum atomic E-state index is 13.4. The smallest absolute Gasteiger partial charge is 0.138 e. The molecule has 129 valence electrons. The average Bonchev–Trinajstić information content (AvgIpc) is 3.08. The molecule has 0 aliphatic carbocycles. The number of rotatable bonds is 3. The Balaban J connectivity index is 1.83. The SMILES string of the molecule is O=[P](c1ccccc1)c1ccccc1-n1c2ccccc2c2ccccc21. The van der Waals surface area contributed by atoms with Gasteiger partial charge in [-0.1, -0.05) is 66.7 Å². The van der Waals surface area contributed by atoms with Crippen LogP contribution in [0.3, 0.4) is 0 Å². The molecule has 3 heteroatoms. The molecule has 1 radical (unpaired) electrons. The Hall–Kier alpha value is -3.22. The quantitative estimate of drug-likeness (QED) is 0.383. The number of aromatic nitrogens is 1. The Bertz CT molecular complexity index is 1230. The standard InChI is InChI=1S/C24H17NOP/c26-27(18-10-2-1-3-11-18)24-17-9-8-16-23(24)25-21-14-6-4-12-19(21)20-13-5-7-15-22(20)25/h1-17H. The van der Waals surface area contributed by atoms with Gasteiger partial charge in [0.25, 0.3) is 0 Å². The average molecular weight is 366 g/mol. The largest absolute Gasteiger partial charge is 0.308 e. The second kappa shape index (κ2) is 6.50. The number of nitrogens with zero attached hydrogens (tertiary/aromatic N) is 1. The molecule has 0 fully saturated rings. The lowest BCUT2D eigenvalue weighted by atomic mass is 10.2. The predicted octanol–water partition coefficient (Wildman–Crippen LogP) is 5.56. The molecule has 27 heavy (non-hydrogen) atoms. The Morgan fingerprint density at radius 3 is 1.74 bits per heavy atom. The summed E-state index contributed by atoms with van der Waals surface area (Å²) in [5, 5.41) is 4.11. The zero-order chi connectivity index (χ0) is 18.2. The molecular weight excluding hydrogens is 349 g/mol. The second-order valence-electron chi connectivity index (χ2n) is 6.49. The van der Waals surface area contributed by atoms with Gasteiger partial charge in [-0.15, -0.1) is 0 Å². The molecule has 5 rings (SSSR count). The zero-order valence-electron chi connectivity index (χ0n) is 14.6. The van der Waals surface area contributed by atoms with Gasteiger partial charge in [-0.2, -0.15) is 0 Å². The minimum absolute atomic E-state index is 0.848. The predicted molar refractivity (Wildman–Crippen MR) is 114 cm³/mol. The highest BCUT2D eigenvalue weighted by Gasteiger charge is 2.17. The van der Waals surface area contributed by atoms with Crippen LogP contribution in [0, 0.1) is 0 Å². The third-order valence-corrected chi connectivity index (χ3v) is 6.50. The summed E-state index contributed by atoms with van der Waals surface area (Å²) in [5.41, 5.74) is 3.23. The van der Waals surface area contributed by atoms with Gasteiger partial charge in [0, 0.05) is 16.1 Å². The van der Waals surface area contributed by atoms with Crippen molar-refractivity contribution in [3.05, 3.63) is 103 Å². The van der Waals surface area contributed by atoms with Gasteiger partial charge < -0.3 is 4.57 Å². The second-order valence-corrected chi connectivity index (χ2v) is 8.08. The van der Waals surface area contributed by atoms with Crippen LogP contribution in [0.25, 0.3) is 27.5 Å². The normalized spacial score (nSPS) is 11.8. The van der Waals surface area contributed by atoms with E-state index >= 15 is 0 Å². The van der Waals surface area contributed by atoms with Crippen molar-refractivity contribution in [2.75, 3.05) is 0 Å². The highest BCUT2D eigenvalue weighted by atomic mass is 31.1. The van der Waals surface area contributed by atoms with Crippen LogP contribution in [0.4, 0.5) is 0 Å². The van der Waals surface area contributed by atoms with E-state index in [0.717, 1.165) is 27.3 Å². The Morgan fingerprint density at radius 2 is 1.07 bits per heavy atom. The van der Waals surface area contributed by atoms with E-state index in [1.165, 1.54) is 10.8 Å². The molecule has 4 aromatic carbocycles. The summed E-state index contributed by atoms with van der Waals surface area (Å²) in [7, 11) is -1.68. The molecule has 0 aliphatic rings. The van der Waals surface area contributed by atoms with Crippen molar-refractivity contribution in [2.45, 2.75) is 0 Å². The molecule has 0 bridgehead atoms. The van der Waals surface area contributed by atoms with Crippen LogP contribution in [0.15, 0.2) is 103 Å². The molecule has 5 aromatic rings. The highest BCUT2D eigenvalue weighted by molar-refractivity contribution is 7.61. The van der Waals surface area contributed by atoms with Crippen molar-refractivity contribution in [2.24, 2.45) is 0 Å². The molecule has 1 aromatic heterocycles. The number of fused-ring (bicyclic) bond motifs is 3. The van der Waals surface area contributed by atoms with Gasteiger partial charge >= 0.3 is 0 Å². The molecule has 0 aliphatic heterocycles. The van der Waals surface area contributed by atoms with Crippen molar-refractivity contribution in [3.8, 4) is 5.69 Å². The third kappa shape index (κ3) is 2.58. The molecule has 1 heterocycles. The van der Waals surface area contributed by atoms with E-state index < -0.39 is 7.80 Å². The molecule has 0 amide bonds. The highest BCUT2D eigenvalue weighted by Crippen LogP contribution is 2.33. The Kier molecular flexibility index (Phi) is 3.85. The van der Waals surface area contributed by atoms with Crippen LogP contribution in [-0.2, 0) is 4.57 Å². The molecular formula is C24H17NOP. The van der Waals surface area contributed by atoms with Gasteiger partial charge in [-0.25, -0.2) is 0 Å². The third-order valence-electron chi connectivity index (χ3n) is 4.91. The van der Waals surface area contributed by atoms with E-state index in [1.807, 2.05) is 48.5 Å². The lowest BCUT2D eigenvalue weighted by molar-refractivity contribution is 0.598. The van der Waals surface area contributed by atoms with Crippen molar-refractivity contribution >= 4 is 40.2 Å². The molecule has 0 saturated heterocycles. The van der Waals surface area contributed by atoms with Crippen LogP contribution in [0.2, 0.25) is 0 Å². The molecule has 1 atom stereocenters. The van der Waals surface area contributed by atoms with E-state index in [1.54, 1.807) is 0 Å². The summed E-state index contributed by atoms with van der Waals surface area (Å²) in [5.74, 6) is 0. The molecule has 0 spiro atoms. The topological polar surface area (TPSA) is 22.0 Å². The van der Waals surface area contributed by atoms with E-state index in [0.29, 0.717) is 0 Å². The summed E-state index contributed by atoms with van der Waals surface area (Å²) < 4.78 is 15.6. The summed E-state index contributed by atoms with van der Waals surface area (Å²) in [6.07, 6.45) is 0. The minimum Gasteiger partial charge on any atom is -0.308 e. The van der Waals surface area contributed by atoms with Crippen molar-refractivity contribution in [1.29, 1.82) is 0 Å². The first-order valence-electron chi connectivity index (χ1n) is 8.94. The van der Waals surface area contributed by atoms with Gasteiger partial charge in [0.1, 0.15) is 7.80 Å². The first-order chi connectivity index (χ1) is 13.3.